The standard InChI is InChI=1S/C25H30N8O4/c1-3-31-21-22(29-24(31)30-9-5-6-18(26)13-30)32(14-20(34)37-4-2)25(36)33(23(21)35)12-16-7-8-19-17(10-16)11-27-15-28-19/h7-8,10-11,15,18H,3-6,9,12-14,26H2,1-2H3. The number of piperidine rings is 1. The molecule has 1 saturated heterocycles. The summed E-state index contributed by atoms with van der Waals surface area (Å²) < 4.78 is 9.31. The van der Waals surface area contributed by atoms with Crippen LogP contribution in [-0.2, 0) is 29.2 Å². The number of nitrogens with zero attached hydrogens (tertiary/aromatic N) is 7. The third kappa shape index (κ3) is 4.59. The minimum absolute atomic E-state index is 0.00543. The van der Waals surface area contributed by atoms with E-state index in [2.05, 4.69) is 9.97 Å². The van der Waals surface area contributed by atoms with Crippen molar-refractivity contribution in [3.63, 3.8) is 0 Å². The van der Waals surface area contributed by atoms with Crippen molar-refractivity contribution in [2.75, 3.05) is 24.6 Å². The predicted molar refractivity (Wildman–Crippen MR) is 139 cm³/mol. The highest BCUT2D eigenvalue weighted by atomic mass is 16.5. The quantitative estimate of drug-likeness (QED) is 0.361. The molecule has 1 aliphatic heterocycles. The van der Waals surface area contributed by atoms with Crippen molar-refractivity contribution in [1.82, 2.24) is 28.7 Å². The Kier molecular flexibility index (Phi) is 6.74. The Balaban J connectivity index is 1.70. The van der Waals surface area contributed by atoms with E-state index in [-0.39, 0.29) is 36.9 Å². The molecule has 37 heavy (non-hydrogen) atoms. The van der Waals surface area contributed by atoms with Crippen LogP contribution >= 0.6 is 0 Å². The monoisotopic (exact) mass is 506 g/mol. The predicted octanol–water partition coefficient (Wildman–Crippen LogP) is 0.862. The van der Waals surface area contributed by atoms with Crippen molar-refractivity contribution in [2.24, 2.45) is 5.73 Å². The third-order valence-electron chi connectivity index (χ3n) is 6.65. The number of carbonyl (C=O) groups is 1. The molecule has 0 radical (unpaired) electrons. The molecule has 0 bridgehead atoms. The zero-order valence-corrected chi connectivity index (χ0v) is 21.0. The molecule has 1 atom stereocenters. The molecule has 12 nitrogen and oxygen atoms in total. The van der Waals surface area contributed by atoms with E-state index in [0.717, 1.165) is 40.4 Å². The summed E-state index contributed by atoms with van der Waals surface area (Å²) in [6, 6.07) is 5.48. The molecule has 4 aromatic rings. The van der Waals surface area contributed by atoms with E-state index in [1.807, 2.05) is 34.6 Å². The smallest absolute Gasteiger partial charge is 0.333 e. The van der Waals surface area contributed by atoms with Gasteiger partial charge >= 0.3 is 11.7 Å². The number of fused-ring (bicyclic) bond motifs is 2. The normalized spacial score (nSPS) is 16.0. The lowest BCUT2D eigenvalue weighted by molar-refractivity contribution is -0.143. The number of nitrogens with two attached hydrogens (primary N) is 1. The van der Waals surface area contributed by atoms with Crippen molar-refractivity contribution in [1.29, 1.82) is 0 Å². The maximum atomic E-state index is 13.8. The van der Waals surface area contributed by atoms with Crippen molar-refractivity contribution >= 4 is 34.0 Å². The first-order valence-corrected chi connectivity index (χ1v) is 12.5. The largest absolute Gasteiger partial charge is 0.465 e. The molecule has 0 amide bonds. The van der Waals surface area contributed by atoms with Gasteiger partial charge in [-0.1, -0.05) is 6.07 Å². The summed E-state index contributed by atoms with van der Waals surface area (Å²) in [7, 11) is 0. The summed E-state index contributed by atoms with van der Waals surface area (Å²) in [5.41, 5.74) is 7.04. The first kappa shape index (κ1) is 24.6. The van der Waals surface area contributed by atoms with Gasteiger partial charge in [0.15, 0.2) is 11.2 Å². The van der Waals surface area contributed by atoms with Gasteiger partial charge in [0.2, 0.25) is 5.95 Å². The fraction of sp³-hybridized carbons (Fsp3) is 0.440. The highest BCUT2D eigenvalue weighted by Gasteiger charge is 2.27. The summed E-state index contributed by atoms with van der Waals surface area (Å²) in [6.07, 6.45) is 4.96. The molecule has 4 heterocycles. The molecule has 12 heteroatoms. The second-order valence-electron chi connectivity index (χ2n) is 9.16. The Labute approximate surface area is 212 Å². The lowest BCUT2D eigenvalue weighted by atomic mass is 10.1. The van der Waals surface area contributed by atoms with Gasteiger partial charge in [0, 0.05) is 37.3 Å². The Morgan fingerprint density at radius 2 is 2.03 bits per heavy atom. The number of imidazole rings is 1. The summed E-state index contributed by atoms with van der Waals surface area (Å²) >= 11 is 0. The number of esters is 1. The molecular formula is C25H30N8O4. The molecule has 0 aliphatic carbocycles. The van der Waals surface area contributed by atoms with Crippen LogP contribution in [0.25, 0.3) is 22.1 Å². The minimum Gasteiger partial charge on any atom is -0.465 e. The van der Waals surface area contributed by atoms with Crippen LogP contribution in [0.3, 0.4) is 0 Å². The van der Waals surface area contributed by atoms with Gasteiger partial charge in [-0.05, 0) is 44.4 Å². The molecule has 2 N–H and O–H groups in total. The summed E-state index contributed by atoms with van der Waals surface area (Å²) in [4.78, 5) is 55.0. The summed E-state index contributed by atoms with van der Waals surface area (Å²) in [5.74, 6) is -0.00564. The lowest BCUT2D eigenvalue weighted by Crippen LogP contribution is -2.44. The SMILES string of the molecule is CCOC(=O)Cn1c(=O)n(Cc2ccc3ncncc3c2)c(=O)c2c1nc(N1CCCC(N)C1)n2CC. The number of rotatable bonds is 7. The van der Waals surface area contributed by atoms with E-state index in [4.69, 9.17) is 15.5 Å². The van der Waals surface area contributed by atoms with Crippen LogP contribution in [-0.4, -0.2) is 60.4 Å². The number of aromatic nitrogens is 6. The summed E-state index contributed by atoms with van der Waals surface area (Å²) in [5, 5.41) is 0.795. The molecule has 0 saturated carbocycles. The van der Waals surface area contributed by atoms with E-state index >= 15 is 0 Å². The maximum Gasteiger partial charge on any atom is 0.333 e. The molecule has 3 aromatic heterocycles. The van der Waals surface area contributed by atoms with Gasteiger partial charge in [0.1, 0.15) is 12.9 Å². The average Bonchev–Trinajstić information content (AvgIpc) is 3.29. The van der Waals surface area contributed by atoms with Crippen LogP contribution in [0.4, 0.5) is 5.95 Å². The summed E-state index contributed by atoms with van der Waals surface area (Å²) in [6.45, 7) is 5.25. The van der Waals surface area contributed by atoms with Crippen LogP contribution in [0.15, 0.2) is 40.3 Å². The average molecular weight is 507 g/mol. The van der Waals surface area contributed by atoms with Gasteiger partial charge < -0.3 is 19.9 Å². The van der Waals surface area contributed by atoms with Crippen molar-refractivity contribution in [3.05, 3.63) is 57.1 Å². The molecule has 1 aromatic carbocycles. The lowest BCUT2D eigenvalue weighted by Gasteiger charge is -2.31. The van der Waals surface area contributed by atoms with Gasteiger partial charge in [-0.15, -0.1) is 0 Å². The Morgan fingerprint density at radius 1 is 1.19 bits per heavy atom. The van der Waals surface area contributed by atoms with E-state index < -0.39 is 17.2 Å². The molecule has 1 aliphatic rings. The number of anilines is 1. The Hall–Kier alpha value is -4.06. The first-order chi connectivity index (χ1) is 17.9. The maximum absolute atomic E-state index is 13.8. The van der Waals surface area contributed by atoms with Gasteiger partial charge in [-0.25, -0.2) is 14.8 Å². The second kappa shape index (κ2) is 10.1. The van der Waals surface area contributed by atoms with Gasteiger partial charge in [-0.3, -0.25) is 18.7 Å². The number of ether oxygens (including phenoxy) is 1. The van der Waals surface area contributed by atoms with Crippen molar-refractivity contribution in [2.45, 2.75) is 52.4 Å². The topological polar surface area (TPSA) is 143 Å². The molecule has 1 unspecified atom stereocenters. The van der Waals surface area contributed by atoms with Crippen LogP contribution < -0.4 is 21.9 Å². The number of carbonyl (C=O) groups excluding carboxylic acids is 1. The molecule has 1 fully saturated rings. The highest BCUT2D eigenvalue weighted by Crippen LogP contribution is 2.23. The van der Waals surface area contributed by atoms with E-state index in [0.29, 0.717) is 19.0 Å². The minimum atomic E-state index is -0.627. The fourth-order valence-corrected chi connectivity index (χ4v) is 4.94. The number of aryl methyl sites for hydroxylation is 1. The van der Waals surface area contributed by atoms with Gasteiger partial charge in [-0.2, -0.15) is 4.98 Å². The molecule has 0 spiro atoms. The van der Waals surface area contributed by atoms with Gasteiger partial charge in [0.05, 0.1) is 18.7 Å². The van der Waals surface area contributed by atoms with Crippen LogP contribution in [0, 0.1) is 0 Å². The molecule has 5 rings (SSSR count). The first-order valence-electron chi connectivity index (χ1n) is 12.5. The third-order valence-corrected chi connectivity index (χ3v) is 6.65. The van der Waals surface area contributed by atoms with E-state index in [1.165, 1.54) is 10.9 Å². The van der Waals surface area contributed by atoms with Crippen molar-refractivity contribution in [3.8, 4) is 0 Å². The van der Waals surface area contributed by atoms with Crippen LogP contribution in [0.2, 0.25) is 0 Å². The fourth-order valence-electron chi connectivity index (χ4n) is 4.94. The zero-order chi connectivity index (χ0) is 26.1. The van der Waals surface area contributed by atoms with Crippen LogP contribution in [0.5, 0.6) is 0 Å². The highest BCUT2D eigenvalue weighted by molar-refractivity contribution is 5.79. The zero-order valence-electron chi connectivity index (χ0n) is 21.0. The number of benzene rings is 1. The number of hydrogen-bond donors (Lipinski definition) is 1. The van der Waals surface area contributed by atoms with Gasteiger partial charge in [0.25, 0.3) is 5.56 Å². The molecule has 194 valence electrons. The Bertz CT molecular complexity index is 1590. The van der Waals surface area contributed by atoms with E-state index in [9.17, 15) is 14.4 Å². The Morgan fingerprint density at radius 3 is 2.78 bits per heavy atom. The van der Waals surface area contributed by atoms with E-state index in [1.54, 1.807) is 13.1 Å². The second-order valence-corrected chi connectivity index (χ2v) is 9.16. The van der Waals surface area contributed by atoms with Crippen LogP contribution in [0.1, 0.15) is 32.3 Å². The molecular weight excluding hydrogens is 476 g/mol. The number of hydrogen-bond acceptors (Lipinski definition) is 9. The van der Waals surface area contributed by atoms with Crippen molar-refractivity contribution < 1.29 is 9.53 Å².